The fraction of sp³-hybridized carbons (Fsp3) is 0.0455. The maximum absolute atomic E-state index is 13.1. The Kier molecular flexibility index (Phi) is 5.29. The number of carbonyl (C=O) groups is 2. The van der Waals surface area contributed by atoms with E-state index in [0.29, 0.717) is 22.0 Å². The molecule has 0 spiro atoms. The Morgan fingerprint density at radius 3 is 2.55 bits per heavy atom. The molecule has 4 aromatic rings. The number of rotatable bonds is 4. The van der Waals surface area contributed by atoms with Crippen molar-refractivity contribution in [2.45, 2.75) is 6.92 Å². The first kappa shape index (κ1) is 19.1. The number of benzene rings is 2. The number of para-hydroxylation sites is 1. The van der Waals surface area contributed by atoms with Crippen molar-refractivity contribution in [2.75, 3.05) is 10.6 Å². The standard InChI is InChI=1S/C22H16ClN3O2S/c1-13(27)24-14-8-9-19(17(23)11-14)26-22(28)16-12-20(21-7-4-10-29-21)25-18-6-3-2-5-15(16)18/h2-12H,1H3,(H,24,27)(H,26,28). The number of amides is 2. The van der Waals surface area contributed by atoms with Crippen LogP contribution in [0.3, 0.4) is 0 Å². The third-order valence-corrected chi connectivity index (χ3v) is 5.48. The Morgan fingerprint density at radius 1 is 1.00 bits per heavy atom. The first-order chi connectivity index (χ1) is 14.0. The first-order valence-electron chi connectivity index (χ1n) is 8.83. The summed E-state index contributed by atoms with van der Waals surface area (Å²) in [4.78, 5) is 30.0. The summed E-state index contributed by atoms with van der Waals surface area (Å²) in [5.41, 5.74) is 3.03. The van der Waals surface area contributed by atoms with Gasteiger partial charge in [0.15, 0.2) is 0 Å². The Hall–Kier alpha value is -3.22. The van der Waals surface area contributed by atoms with Crippen LogP contribution in [0.25, 0.3) is 21.5 Å². The number of hydrogen-bond donors (Lipinski definition) is 2. The molecule has 2 heterocycles. The zero-order valence-corrected chi connectivity index (χ0v) is 17.0. The van der Waals surface area contributed by atoms with Gasteiger partial charge in [-0.25, -0.2) is 4.98 Å². The van der Waals surface area contributed by atoms with Gasteiger partial charge in [-0.1, -0.05) is 35.9 Å². The van der Waals surface area contributed by atoms with Crippen molar-refractivity contribution in [3.05, 3.63) is 76.6 Å². The minimum Gasteiger partial charge on any atom is -0.326 e. The fourth-order valence-corrected chi connectivity index (χ4v) is 3.91. The van der Waals surface area contributed by atoms with Gasteiger partial charge in [-0.2, -0.15) is 0 Å². The lowest BCUT2D eigenvalue weighted by atomic mass is 10.1. The van der Waals surface area contributed by atoms with Crippen molar-refractivity contribution in [3.8, 4) is 10.6 Å². The van der Waals surface area contributed by atoms with E-state index in [1.54, 1.807) is 35.6 Å². The van der Waals surface area contributed by atoms with Crippen LogP contribution in [0.2, 0.25) is 5.02 Å². The smallest absolute Gasteiger partial charge is 0.256 e. The van der Waals surface area contributed by atoms with E-state index in [1.807, 2.05) is 41.8 Å². The molecule has 29 heavy (non-hydrogen) atoms. The molecule has 0 fully saturated rings. The molecule has 0 aliphatic rings. The summed E-state index contributed by atoms with van der Waals surface area (Å²) in [6.07, 6.45) is 0. The van der Waals surface area contributed by atoms with Gasteiger partial charge in [-0.15, -0.1) is 11.3 Å². The normalized spacial score (nSPS) is 10.7. The van der Waals surface area contributed by atoms with Crippen molar-refractivity contribution in [1.82, 2.24) is 4.98 Å². The van der Waals surface area contributed by atoms with Crippen LogP contribution in [-0.2, 0) is 4.79 Å². The molecule has 0 aliphatic heterocycles. The number of nitrogens with zero attached hydrogens (tertiary/aromatic N) is 1. The first-order valence-corrected chi connectivity index (χ1v) is 10.1. The van der Waals surface area contributed by atoms with E-state index in [0.717, 1.165) is 21.5 Å². The molecule has 144 valence electrons. The molecule has 0 unspecified atom stereocenters. The topological polar surface area (TPSA) is 71.1 Å². The lowest BCUT2D eigenvalue weighted by Crippen LogP contribution is -2.13. The average Bonchev–Trinajstić information content (AvgIpc) is 3.23. The molecule has 2 N–H and O–H groups in total. The van der Waals surface area contributed by atoms with Crippen LogP contribution in [0, 0.1) is 0 Å². The van der Waals surface area contributed by atoms with E-state index >= 15 is 0 Å². The Balaban J connectivity index is 1.71. The third kappa shape index (κ3) is 4.13. The molecule has 0 radical (unpaired) electrons. The van der Waals surface area contributed by atoms with Gasteiger partial charge in [0.05, 0.1) is 32.4 Å². The number of halogens is 1. The third-order valence-electron chi connectivity index (χ3n) is 4.27. The van der Waals surface area contributed by atoms with Crippen LogP contribution < -0.4 is 10.6 Å². The summed E-state index contributed by atoms with van der Waals surface area (Å²) in [5, 5.41) is 8.60. The monoisotopic (exact) mass is 421 g/mol. The van der Waals surface area contributed by atoms with Crippen LogP contribution in [0.5, 0.6) is 0 Å². The largest absolute Gasteiger partial charge is 0.326 e. The molecule has 2 aromatic heterocycles. The van der Waals surface area contributed by atoms with Gasteiger partial charge < -0.3 is 10.6 Å². The van der Waals surface area contributed by atoms with Gasteiger partial charge in [-0.05, 0) is 41.8 Å². The number of anilines is 2. The number of pyridine rings is 1. The molecular formula is C22H16ClN3O2S. The number of thiophene rings is 1. The van der Waals surface area contributed by atoms with E-state index in [1.165, 1.54) is 6.92 Å². The predicted octanol–water partition coefficient (Wildman–Crippen LogP) is 5.83. The van der Waals surface area contributed by atoms with E-state index in [4.69, 9.17) is 11.6 Å². The molecule has 2 amide bonds. The summed E-state index contributed by atoms with van der Waals surface area (Å²) < 4.78 is 0. The lowest BCUT2D eigenvalue weighted by Gasteiger charge is -2.12. The predicted molar refractivity (Wildman–Crippen MR) is 119 cm³/mol. The Bertz CT molecular complexity index is 1220. The number of aromatic nitrogens is 1. The van der Waals surface area contributed by atoms with Crippen LogP contribution in [0.1, 0.15) is 17.3 Å². The van der Waals surface area contributed by atoms with Crippen LogP contribution in [0.4, 0.5) is 11.4 Å². The highest BCUT2D eigenvalue weighted by Crippen LogP contribution is 2.30. The lowest BCUT2D eigenvalue weighted by molar-refractivity contribution is -0.114. The second-order valence-electron chi connectivity index (χ2n) is 6.38. The average molecular weight is 422 g/mol. The maximum Gasteiger partial charge on any atom is 0.256 e. The Morgan fingerprint density at radius 2 is 1.83 bits per heavy atom. The minimum atomic E-state index is -0.282. The maximum atomic E-state index is 13.1. The van der Waals surface area contributed by atoms with Crippen molar-refractivity contribution in [3.63, 3.8) is 0 Å². The summed E-state index contributed by atoms with van der Waals surface area (Å²) in [6, 6.07) is 18.2. The molecule has 0 atom stereocenters. The molecule has 4 rings (SSSR count). The molecule has 5 nitrogen and oxygen atoms in total. The van der Waals surface area contributed by atoms with E-state index in [-0.39, 0.29) is 11.8 Å². The minimum absolute atomic E-state index is 0.192. The number of hydrogen-bond acceptors (Lipinski definition) is 4. The van der Waals surface area contributed by atoms with Crippen molar-refractivity contribution in [2.24, 2.45) is 0 Å². The van der Waals surface area contributed by atoms with Crippen LogP contribution >= 0.6 is 22.9 Å². The van der Waals surface area contributed by atoms with E-state index in [9.17, 15) is 9.59 Å². The Labute approximate surface area is 176 Å². The number of carbonyl (C=O) groups excluding carboxylic acids is 2. The van der Waals surface area contributed by atoms with Crippen molar-refractivity contribution in [1.29, 1.82) is 0 Å². The second-order valence-corrected chi connectivity index (χ2v) is 7.73. The molecule has 7 heteroatoms. The zero-order valence-electron chi connectivity index (χ0n) is 15.4. The second kappa shape index (κ2) is 8.03. The zero-order chi connectivity index (χ0) is 20.4. The molecule has 0 aliphatic carbocycles. The van der Waals surface area contributed by atoms with Crippen LogP contribution in [-0.4, -0.2) is 16.8 Å². The van der Waals surface area contributed by atoms with Gasteiger partial charge in [-0.3, -0.25) is 9.59 Å². The summed E-state index contributed by atoms with van der Waals surface area (Å²) in [5.74, 6) is -0.474. The van der Waals surface area contributed by atoms with Crippen LogP contribution in [0.15, 0.2) is 66.0 Å². The highest BCUT2D eigenvalue weighted by Gasteiger charge is 2.16. The van der Waals surface area contributed by atoms with Crippen molar-refractivity contribution >= 4 is 57.0 Å². The number of nitrogens with one attached hydrogen (secondary N) is 2. The van der Waals surface area contributed by atoms with Crippen molar-refractivity contribution < 1.29 is 9.59 Å². The fourth-order valence-electron chi connectivity index (χ4n) is 3.00. The van der Waals surface area contributed by atoms with E-state index < -0.39 is 0 Å². The molecule has 0 saturated heterocycles. The summed E-state index contributed by atoms with van der Waals surface area (Å²) in [7, 11) is 0. The molecule has 2 aromatic carbocycles. The van der Waals surface area contributed by atoms with Gasteiger partial charge in [0.1, 0.15) is 0 Å². The number of fused-ring (bicyclic) bond motifs is 1. The molecule has 0 bridgehead atoms. The van der Waals surface area contributed by atoms with E-state index in [2.05, 4.69) is 15.6 Å². The van der Waals surface area contributed by atoms with Gasteiger partial charge in [0, 0.05) is 18.0 Å². The molecular weight excluding hydrogens is 406 g/mol. The quantitative estimate of drug-likeness (QED) is 0.435. The highest BCUT2D eigenvalue weighted by atomic mass is 35.5. The summed E-state index contributed by atoms with van der Waals surface area (Å²) in [6.45, 7) is 1.42. The SMILES string of the molecule is CC(=O)Nc1ccc(NC(=O)c2cc(-c3cccs3)nc3ccccc23)c(Cl)c1. The van der Waals surface area contributed by atoms with Gasteiger partial charge >= 0.3 is 0 Å². The molecule has 0 saturated carbocycles. The van der Waals surface area contributed by atoms with Gasteiger partial charge in [0.2, 0.25) is 5.91 Å². The van der Waals surface area contributed by atoms with Gasteiger partial charge in [0.25, 0.3) is 5.91 Å². The summed E-state index contributed by atoms with van der Waals surface area (Å²) >= 11 is 7.87. The highest BCUT2D eigenvalue weighted by molar-refractivity contribution is 7.13.